The van der Waals surface area contributed by atoms with Gasteiger partial charge < -0.3 is 10.6 Å². The fourth-order valence-corrected chi connectivity index (χ4v) is 2.34. The van der Waals surface area contributed by atoms with Crippen LogP contribution >= 0.6 is 0 Å². The van der Waals surface area contributed by atoms with Crippen molar-refractivity contribution in [2.45, 2.75) is 32.7 Å². The van der Waals surface area contributed by atoms with Crippen LogP contribution in [0.5, 0.6) is 0 Å². The third-order valence-corrected chi connectivity index (χ3v) is 3.95. The van der Waals surface area contributed by atoms with Crippen LogP contribution in [0.4, 0.5) is 4.79 Å². The summed E-state index contributed by atoms with van der Waals surface area (Å²) in [7, 11) is 0. The Morgan fingerprint density at radius 2 is 1.59 bits per heavy atom. The zero-order valence-corrected chi connectivity index (χ0v) is 13.5. The third-order valence-electron chi connectivity index (χ3n) is 3.95. The molecular weight excluding hydrogens is 272 g/mol. The van der Waals surface area contributed by atoms with Crippen LogP contribution in [-0.2, 0) is 12.0 Å². The summed E-state index contributed by atoms with van der Waals surface area (Å²) in [4.78, 5) is 12.0. The minimum absolute atomic E-state index is 0.0960. The van der Waals surface area contributed by atoms with Gasteiger partial charge in [0.15, 0.2) is 0 Å². The van der Waals surface area contributed by atoms with E-state index in [9.17, 15) is 4.79 Å². The quantitative estimate of drug-likeness (QED) is 0.866. The van der Waals surface area contributed by atoms with Gasteiger partial charge in [-0.15, -0.1) is 0 Å². The number of amides is 2. The lowest BCUT2D eigenvalue weighted by atomic mass is 9.85. The largest absolute Gasteiger partial charge is 0.337 e. The van der Waals surface area contributed by atoms with Gasteiger partial charge in [-0.3, -0.25) is 0 Å². The second kappa shape index (κ2) is 7.12. The standard InChI is InChI=1S/C19H24N2O/c1-15-9-7-8-10-16(15)13-20-18(22)21-14-19(2,3)17-11-5-4-6-12-17/h4-12H,13-14H2,1-3H3,(H2,20,21,22). The first kappa shape index (κ1) is 16.1. The number of rotatable bonds is 5. The van der Waals surface area contributed by atoms with Gasteiger partial charge >= 0.3 is 6.03 Å². The molecule has 0 saturated carbocycles. The van der Waals surface area contributed by atoms with Gasteiger partial charge in [0, 0.05) is 18.5 Å². The molecule has 0 atom stereocenters. The number of carbonyl (C=O) groups excluding carboxylic acids is 1. The lowest BCUT2D eigenvalue weighted by Crippen LogP contribution is -2.42. The number of urea groups is 1. The molecule has 0 heterocycles. The maximum absolute atomic E-state index is 12.0. The molecule has 0 fully saturated rings. The summed E-state index contributed by atoms with van der Waals surface area (Å²) in [6, 6.07) is 18.2. The first-order chi connectivity index (χ1) is 10.5. The zero-order chi connectivity index (χ0) is 16.0. The van der Waals surface area contributed by atoms with Crippen molar-refractivity contribution in [3.05, 3.63) is 71.3 Å². The van der Waals surface area contributed by atoms with Gasteiger partial charge in [0.2, 0.25) is 0 Å². The van der Waals surface area contributed by atoms with Crippen LogP contribution in [0, 0.1) is 6.92 Å². The van der Waals surface area contributed by atoms with E-state index in [0.29, 0.717) is 13.1 Å². The van der Waals surface area contributed by atoms with E-state index < -0.39 is 0 Å². The normalized spacial score (nSPS) is 11.0. The molecule has 2 amide bonds. The molecule has 2 N–H and O–H groups in total. The average molecular weight is 296 g/mol. The summed E-state index contributed by atoms with van der Waals surface area (Å²) in [5.41, 5.74) is 3.45. The van der Waals surface area contributed by atoms with Crippen molar-refractivity contribution >= 4 is 6.03 Å². The van der Waals surface area contributed by atoms with Crippen molar-refractivity contribution < 1.29 is 4.79 Å². The molecular formula is C19H24N2O. The minimum Gasteiger partial charge on any atom is -0.337 e. The highest BCUT2D eigenvalue weighted by Gasteiger charge is 2.20. The summed E-state index contributed by atoms with van der Waals surface area (Å²) in [6.07, 6.45) is 0. The number of carbonyl (C=O) groups is 1. The number of hydrogen-bond acceptors (Lipinski definition) is 1. The van der Waals surface area contributed by atoms with Crippen LogP contribution in [0.1, 0.15) is 30.5 Å². The summed E-state index contributed by atoms with van der Waals surface area (Å²) in [6.45, 7) is 7.45. The van der Waals surface area contributed by atoms with E-state index in [2.05, 4.69) is 36.6 Å². The minimum atomic E-state index is -0.132. The van der Waals surface area contributed by atoms with Crippen molar-refractivity contribution in [3.8, 4) is 0 Å². The number of nitrogens with one attached hydrogen (secondary N) is 2. The van der Waals surface area contributed by atoms with Gasteiger partial charge in [0.05, 0.1) is 0 Å². The van der Waals surface area contributed by atoms with Gasteiger partial charge in [-0.2, -0.15) is 0 Å². The van der Waals surface area contributed by atoms with Gasteiger partial charge in [0.25, 0.3) is 0 Å². The lowest BCUT2D eigenvalue weighted by molar-refractivity contribution is 0.238. The predicted octanol–water partition coefficient (Wildman–Crippen LogP) is 3.77. The highest BCUT2D eigenvalue weighted by Crippen LogP contribution is 2.21. The van der Waals surface area contributed by atoms with Crippen LogP contribution in [0.2, 0.25) is 0 Å². The Morgan fingerprint density at radius 1 is 0.955 bits per heavy atom. The van der Waals surface area contributed by atoms with Crippen LogP contribution in [-0.4, -0.2) is 12.6 Å². The first-order valence-electron chi connectivity index (χ1n) is 7.61. The Kier molecular flexibility index (Phi) is 5.21. The SMILES string of the molecule is Cc1ccccc1CNC(=O)NCC(C)(C)c1ccccc1. The van der Waals surface area contributed by atoms with E-state index in [1.165, 1.54) is 11.1 Å². The molecule has 0 saturated heterocycles. The van der Waals surface area contributed by atoms with E-state index >= 15 is 0 Å². The molecule has 0 aromatic heterocycles. The molecule has 22 heavy (non-hydrogen) atoms. The maximum Gasteiger partial charge on any atom is 0.315 e. The van der Waals surface area contributed by atoms with Gasteiger partial charge in [-0.1, -0.05) is 68.4 Å². The van der Waals surface area contributed by atoms with Gasteiger partial charge in [-0.25, -0.2) is 4.79 Å². The molecule has 0 aliphatic rings. The maximum atomic E-state index is 12.0. The van der Waals surface area contributed by atoms with Crippen LogP contribution in [0.3, 0.4) is 0 Å². The van der Waals surface area contributed by atoms with Crippen LogP contribution < -0.4 is 10.6 Å². The van der Waals surface area contributed by atoms with E-state index in [1.807, 2.05) is 49.4 Å². The average Bonchev–Trinajstić information content (AvgIpc) is 2.53. The van der Waals surface area contributed by atoms with E-state index in [0.717, 1.165) is 5.56 Å². The number of hydrogen-bond donors (Lipinski definition) is 2. The molecule has 2 aromatic rings. The predicted molar refractivity (Wildman–Crippen MR) is 90.9 cm³/mol. The Balaban J connectivity index is 1.84. The van der Waals surface area contributed by atoms with Gasteiger partial charge in [-0.05, 0) is 23.6 Å². The Labute approximate surface area is 132 Å². The Hall–Kier alpha value is -2.29. The molecule has 0 bridgehead atoms. The summed E-state index contributed by atoms with van der Waals surface area (Å²) in [5.74, 6) is 0. The molecule has 0 radical (unpaired) electrons. The second-order valence-corrected chi connectivity index (χ2v) is 6.21. The molecule has 0 aliphatic carbocycles. The van der Waals surface area contributed by atoms with Crippen molar-refractivity contribution in [2.24, 2.45) is 0 Å². The first-order valence-corrected chi connectivity index (χ1v) is 7.61. The molecule has 3 nitrogen and oxygen atoms in total. The van der Waals surface area contributed by atoms with Crippen molar-refractivity contribution in [3.63, 3.8) is 0 Å². The van der Waals surface area contributed by atoms with Crippen molar-refractivity contribution in [1.29, 1.82) is 0 Å². The second-order valence-electron chi connectivity index (χ2n) is 6.21. The highest BCUT2D eigenvalue weighted by atomic mass is 16.2. The van der Waals surface area contributed by atoms with E-state index in [1.54, 1.807) is 0 Å². The molecule has 3 heteroatoms. The monoisotopic (exact) mass is 296 g/mol. The fraction of sp³-hybridized carbons (Fsp3) is 0.316. The van der Waals surface area contributed by atoms with Crippen molar-refractivity contribution in [1.82, 2.24) is 10.6 Å². The molecule has 2 rings (SSSR count). The smallest absolute Gasteiger partial charge is 0.315 e. The molecule has 0 unspecified atom stereocenters. The van der Waals surface area contributed by atoms with Crippen LogP contribution in [0.25, 0.3) is 0 Å². The topological polar surface area (TPSA) is 41.1 Å². The molecule has 2 aromatic carbocycles. The van der Waals surface area contributed by atoms with Crippen LogP contribution in [0.15, 0.2) is 54.6 Å². The highest BCUT2D eigenvalue weighted by molar-refractivity contribution is 5.74. The number of benzene rings is 2. The van der Waals surface area contributed by atoms with Gasteiger partial charge in [0.1, 0.15) is 0 Å². The summed E-state index contributed by atoms with van der Waals surface area (Å²) in [5, 5.41) is 5.87. The lowest BCUT2D eigenvalue weighted by Gasteiger charge is -2.25. The van der Waals surface area contributed by atoms with E-state index in [4.69, 9.17) is 0 Å². The van der Waals surface area contributed by atoms with E-state index in [-0.39, 0.29) is 11.4 Å². The molecule has 0 aliphatic heterocycles. The summed E-state index contributed by atoms with van der Waals surface area (Å²) >= 11 is 0. The zero-order valence-electron chi connectivity index (χ0n) is 13.5. The fourth-order valence-electron chi connectivity index (χ4n) is 2.34. The Morgan fingerprint density at radius 3 is 2.27 bits per heavy atom. The number of aryl methyl sites for hydroxylation is 1. The molecule has 0 spiro atoms. The van der Waals surface area contributed by atoms with Crippen molar-refractivity contribution in [2.75, 3.05) is 6.54 Å². The molecule has 116 valence electrons. The Bertz CT molecular complexity index is 620. The summed E-state index contributed by atoms with van der Waals surface area (Å²) < 4.78 is 0. The third kappa shape index (κ3) is 4.35.